The first-order valence-corrected chi connectivity index (χ1v) is 8.17. The molecule has 118 valence electrons. The summed E-state index contributed by atoms with van der Waals surface area (Å²) in [6.45, 7) is 5.29. The molecule has 0 aliphatic heterocycles. The predicted octanol–water partition coefficient (Wildman–Crippen LogP) is 3.80. The van der Waals surface area contributed by atoms with E-state index in [-0.39, 0.29) is 11.9 Å². The lowest BCUT2D eigenvalue weighted by atomic mass is 10.0. The van der Waals surface area contributed by atoms with Gasteiger partial charge in [0.2, 0.25) is 5.91 Å². The molecule has 1 unspecified atom stereocenters. The number of rotatable bonds is 10. The minimum atomic E-state index is -0.211. The fraction of sp³-hybridized carbons (Fsp3) is 0.611. The molecule has 0 bridgehead atoms. The average Bonchev–Trinajstić information content (AvgIpc) is 2.46. The second-order valence-electron chi connectivity index (χ2n) is 6.17. The molecule has 3 nitrogen and oxygen atoms in total. The van der Waals surface area contributed by atoms with E-state index in [9.17, 15) is 4.79 Å². The van der Waals surface area contributed by atoms with Gasteiger partial charge in [0.15, 0.2) is 0 Å². The Morgan fingerprint density at radius 3 is 2.43 bits per heavy atom. The van der Waals surface area contributed by atoms with Crippen molar-refractivity contribution in [2.75, 3.05) is 6.54 Å². The zero-order valence-corrected chi connectivity index (χ0v) is 13.5. The van der Waals surface area contributed by atoms with Crippen molar-refractivity contribution in [1.29, 1.82) is 0 Å². The molecule has 0 radical (unpaired) electrons. The van der Waals surface area contributed by atoms with Crippen LogP contribution in [0, 0.1) is 5.92 Å². The van der Waals surface area contributed by atoms with Gasteiger partial charge in [0, 0.05) is 19.0 Å². The first kappa shape index (κ1) is 17.7. The van der Waals surface area contributed by atoms with Gasteiger partial charge in [0.25, 0.3) is 0 Å². The first-order chi connectivity index (χ1) is 10.1. The second-order valence-corrected chi connectivity index (χ2v) is 6.17. The Morgan fingerprint density at radius 2 is 1.76 bits per heavy atom. The van der Waals surface area contributed by atoms with Crippen molar-refractivity contribution in [3.8, 4) is 0 Å². The van der Waals surface area contributed by atoms with Crippen LogP contribution in [0.4, 0.5) is 0 Å². The highest BCUT2D eigenvalue weighted by Gasteiger charge is 2.10. The van der Waals surface area contributed by atoms with Gasteiger partial charge in [-0.05, 0) is 17.9 Å². The van der Waals surface area contributed by atoms with Crippen molar-refractivity contribution in [3.05, 3.63) is 35.9 Å². The summed E-state index contributed by atoms with van der Waals surface area (Å²) in [7, 11) is 0. The summed E-state index contributed by atoms with van der Waals surface area (Å²) in [4.78, 5) is 11.8. The van der Waals surface area contributed by atoms with Crippen molar-refractivity contribution in [3.63, 3.8) is 0 Å². The largest absolute Gasteiger partial charge is 0.356 e. The first-order valence-electron chi connectivity index (χ1n) is 8.17. The van der Waals surface area contributed by atoms with Crippen LogP contribution in [0.25, 0.3) is 0 Å². The van der Waals surface area contributed by atoms with Gasteiger partial charge in [-0.15, -0.1) is 0 Å². The summed E-state index contributed by atoms with van der Waals surface area (Å²) in [6.07, 6.45) is 6.47. The molecule has 0 saturated carbocycles. The molecule has 3 N–H and O–H groups in total. The standard InChI is InChI=1S/C18H30N2O/c1-15(2)10-6-3-4-9-13-20-18(21)14-17(19)16-11-7-5-8-12-16/h5,7-8,11-12,15,17H,3-4,6,9-10,13-14,19H2,1-2H3,(H,20,21). The maximum atomic E-state index is 11.8. The van der Waals surface area contributed by atoms with E-state index in [2.05, 4.69) is 19.2 Å². The summed E-state index contributed by atoms with van der Waals surface area (Å²) >= 11 is 0. The van der Waals surface area contributed by atoms with Gasteiger partial charge in [-0.25, -0.2) is 0 Å². The van der Waals surface area contributed by atoms with Crippen LogP contribution in [0.3, 0.4) is 0 Å². The summed E-state index contributed by atoms with van der Waals surface area (Å²) in [5.74, 6) is 0.845. The molecular weight excluding hydrogens is 260 g/mol. The number of carbonyl (C=O) groups excluding carboxylic acids is 1. The Labute approximate surface area is 129 Å². The van der Waals surface area contributed by atoms with Crippen LogP contribution >= 0.6 is 0 Å². The number of hydrogen-bond acceptors (Lipinski definition) is 2. The van der Waals surface area contributed by atoms with Crippen molar-refractivity contribution in [2.24, 2.45) is 11.7 Å². The van der Waals surface area contributed by atoms with E-state index in [1.165, 1.54) is 25.7 Å². The monoisotopic (exact) mass is 290 g/mol. The number of nitrogens with two attached hydrogens (primary N) is 1. The Bertz CT molecular complexity index is 389. The second kappa shape index (κ2) is 10.4. The smallest absolute Gasteiger partial charge is 0.221 e. The lowest BCUT2D eigenvalue weighted by Crippen LogP contribution is -2.28. The van der Waals surface area contributed by atoms with Crippen LogP contribution in [0.1, 0.15) is 64.0 Å². The van der Waals surface area contributed by atoms with E-state index < -0.39 is 0 Å². The molecule has 21 heavy (non-hydrogen) atoms. The van der Waals surface area contributed by atoms with Crippen LogP contribution < -0.4 is 11.1 Å². The molecule has 1 amide bonds. The Hall–Kier alpha value is -1.35. The van der Waals surface area contributed by atoms with Gasteiger partial charge >= 0.3 is 0 Å². The Kier molecular flexibility index (Phi) is 8.76. The third kappa shape index (κ3) is 8.51. The van der Waals surface area contributed by atoms with Crippen molar-refractivity contribution in [1.82, 2.24) is 5.32 Å². The van der Waals surface area contributed by atoms with E-state index in [1.807, 2.05) is 30.3 Å². The van der Waals surface area contributed by atoms with E-state index >= 15 is 0 Å². The molecule has 0 aliphatic rings. The van der Waals surface area contributed by atoms with Gasteiger partial charge in [-0.3, -0.25) is 4.79 Å². The molecule has 0 spiro atoms. The maximum absolute atomic E-state index is 11.8. The van der Waals surface area contributed by atoms with E-state index in [0.717, 1.165) is 24.4 Å². The molecule has 1 rings (SSSR count). The van der Waals surface area contributed by atoms with Crippen LogP contribution in [0.2, 0.25) is 0 Å². The molecule has 1 aromatic rings. The molecule has 0 heterocycles. The number of carbonyl (C=O) groups is 1. The van der Waals surface area contributed by atoms with Crippen molar-refractivity contribution < 1.29 is 4.79 Å². The highest BCUT2D eigenvalue weighted by atomic mass is 16.1. The topological polar surface area (TPSA) is 55.1 Å². The molecule has 0 saturated heterocycles. The lowest BCUT2D eigenvalue weighted by molar-refractivity contribution is -0.121. The highest BCUT2D eigenvalue weighted by Crippen LogP contribution is 2.13. The van der Waals surface area contributed by atoms with Crippen molar-refractivity contribution in [2.45, 2.75) is 58.4 Å². The fourth-order valence-corrected chi connectivity index (χ4v) is 2.35. The number of unbranched alkanes of at least 4 members (excludes halogenated alkanes) is 3. The van der Waals surface area contributed by atoms with Crippen LogP contribution in [-0.2, 0) is 4.79 Å². The predicted molar refractivity (Wildman–Crippen MR) is 88.9 cm³/mol. The molecular formula is C18H30N2O. The van der Waals surface area contributed by atoms with Crippen LogP contribution in [-0.4, -0.2) is 12.5 Å². The number of benzene rings is 1. The van der Waals surface area contributed by atoms with Crippen LogP contribution in [0.5, 0.6) is 0 Å². The molecule has 0 fully saturated rings. The van der Waals surface area contributed by atoms with E-state index in [4.69, 9.17) is 5.73 Å². The van der Waals surface area contributed by atoms with Crippen LogP contribution in [0.15, 0.2) is 30.3 Å². The zero-order valence-electron chi connectivity index (χ0n) is 13.5. The maximum Gasteiger partial charge on any atom is 0.221 e. The minimum absolute atomic E-state index is 0.0496. The number of hydrogen-bond donors (Lipinski definition) is 2. The summed E-state index contributed by atoms with van der Waals surface area (Å²) in [6, 6.07) is 9.57. The van der Waals surface area contributed by atoms with Crippen molar-refractivity contribution >= 4 is 5.91 Å². The third-order valence-electron chi connectivity index (χ3n) is 3.66. The normalized spacial score (nSPS) is 12.4. The molecule has 0 aliphatic carbocycles. The van der Waals surface area contributed by atoms with Gasteiger partial charge in [-0.2, -0.15) is 0 Å². The Morgan fingerprint density at radius 1 is 1.10 bits per heavy atom. The molecule has 1 aromatic carbocycles. The molecule has 1 atom stereocenters. The minimum Gasteiger partial charge on any atom is -0.356 e. The Balaban J connectivity index is 2.06. The average molecular weight is 290 g/mol. The van der Waals surface area contributed by atoms with Gasteiger partial charge in [0.1, 0.15) is 0 Å². The lowest BCUT2D eigenvalue weighted by Gasteiger charge is -2.12. The van der Waals surface area contributed by atoms with Gasteiger partial charge < -0.3 is 11.1 Å². The third-order valence-corrected chi connectivity index (χ3v) is 3.66. The highest BCUT2D eigenvalue weighted by molar-refractivity contribution is 5.76. The zero-order chi connectivity index (χ0) is 15.5. The number of nitrogens with one attached hydrogen (secondary N) is 1. The van der Waals surface area contributed by atoms with Gasteiger partial charge in [-0.1, -0.05) is 69.9 Å². The van der Waals surface area contributed by atoms with E-state index in [0.29, 0.717) is 6.42 Å². The number of amides is 1. The SMILES string of the molecule is CC(C)CCCCCCNC(=O)CC(N)c1ccccc1. The fourth-order valence-electron chi connectivity index (χ4n) is 2.35. The quantitative estimate of drug-likeness (QED) is 0.644. The van der Waals surface area contributed by atoms with Gasteiger partial charge in [0.05, 0.1) is 0 Å². The summed E-state index contributed by atoms with van der Waals surface area (Å²) in [5, 5.41) is 2.96. The molecule has 0 aromatic heterocycles. The molecule has 3 heteroatoms. The van der Waals surface area contributed by atoms with E-state index in [1.54, 1.807) is 0 Å². The summed E-state index contributed by atoms with van der Waals surface area (Å²) < 4.78 is 0. The summed E-state index contributed by atoms with van der Waals surface area (Å²) in [5.41, 5.74) is 7.05.